The van der Waals surface area contributed by atoms with Crippen molar-refractivity contribution in [1.82, 2.24) is 0 Å². The highest BCUT2D eigenvalue weighted by atomic mass is 16.6. The summed E-state index contributed by atoms with van der Waals surface area (Å²) in [5.74, 6) is -0.101. The van der Waals surface area contributed by atoms with E-state index < -0.39 is 4.92 Å². The van der Waals surface area contributed by atoms with E-state index in [4.69, 9.17) is 0 Å². The van der Waals surface area contributed by atoms with Crippen LogP contribution in [0.5, 0.6) is 0 Å². The minimum atomic E-state index is -0.449. The van der Waals surface area contributed by atoms with Crippen molar-refractivity contribution in [3.63, 3.8) is 0 Å². The second-order valence-corrected chi connectivity index (χ2v) is 5.61. The third kappa shape index (κ3) is 3.38. The second kappa shape index (κ2) is 6.46. The van der Waals surface area contributed by atoms with E-state index in [0.717, 1.165) is 16.3 Å². The number of carbonyl (C=O) groups excluding carboxylic acids is 1. The van der Waals surface area contributed by atoms with Gasteiger partial charge in [-0.1, -0.05) is 42.0 Å². The minimum Gasteiger partial charge on any atom is -0.289 e. The summed E-state index contributed by atoms with van der Waals surface area (Å²) < 4.78 is 0. The highest BCUT2D eigenvalue weighted by Gasteiger charge is 2.05. The summed E-state index contributed by atoms with van der Waals surface area (Å²) in [5.41, 5.74) is 2.57. The fraction of sp³-hybridized carbons (Fsp3) is 0.0500. The van der Waals surface area contributed by atoms with Gasteiger partial charge in [0.2, 0.25) is 0 Å². The monoisotopic (exact) mass is 317 g/mol. The van der Waals surface area contributed by atoms with Crippen molar-refractivity contribution in [1.29, 1.82) is 0 Å². The minimum absolute atomic E-state index is 0.0308. The quantitative estimate of drug-likeness (QED) is 0.296. The van der Waals surface area contributed by atoms with E-state index in [1.807, 2.05) is 37.3 Å². The Labute approximate surface area is 139 Å². The number of nitro groups is 1. The van der Waals surface area contributed by atoms with Crippen LogP contribution in [0.25, 0.3) is 16.8 Å². The SMILES string of the molecule is Cc1ccc2cc(C(=O)/C=C/c3ccc([N+](=O)[O-])cc3)ccc2c1. The van der Waals surface area contributed by atoms with Gasteiger partial charge in [-0.2, -0.15) is 0 Å². The van der Waals surface area contributed by atoms with Gasteiger partial charge in [-0.3, -0.25) is 14.9 Å². The summed E-state index contributed by atoms with van der Waals surface area (Å²) in [6, 6.07) is 17.8. The molecule has 0 aliphatic rings. The predicted molar refractivity (Wildman–Crippen MR) is 95.1 cm³/mol. The first-order chi connectivity index (χ1) is 11.5. The molecule has 0 saturated heterocycles. The number of allylic oxidation sites excluding steroid dienone is 1. The number of nitrogens with zero attached hydrogens (tertiary/aromatic N) is 1. The zero-order chi connectivity index (χ0) is 17.1. The zero-order valence-electron chi connectivity index (χ0n) is 13.1. The summed E-state index contributed by atoms with van der Waals surface area (Å²) in [7, 11) is 0. The van der Waals surface area contributed by atoms with Crippen molar-refractivity contribution in [2.75, 3.05) is 0 Å². The van der Waals surface area contributed by atoms with Crippen LogP contribution in [0.4, 0.5) is 5.69 Å². The average Bonchev–Trinajstić information content (AvgIpc) is 2.59. The number of aryl methyl sites for hydroxylation is 1. The summed E-state index contributed by atoms with van der Waals surface area (Å²) in [6.07, 6.45) is 3.14. The lowest BCUT2D eigenvalue weighted by Crippen LogP contribution is -1.94. The third-order valence-corrected chi connectivity index (χ3v) is 3.81. The first-order valence-electron chi connectivity index (χ1n) is 7.50. The van der Waals surface area contributed by atoms with E-state index in [9.17, 15) is 14.9 Å². The number of non-ortho nitro benzene ring substituents is 1. The molecule has 0 heterocycles. The molecule has 0 atom stereocenters. The van der Waals surface area contributed by atoms with Gasteiger partial charge < -0.3 is 0 Å². The Morgan fingerprint density at radius 2 is 1.62 bits per heavy atom. The molecular formula is C20H15NO3. The fourth-order valence-corrected chi connectivity index (χ4v) is 2.49. The Morgan fingerprint density at radius 1 is 0.958 bits per heavy atom. The maximum Gasteiger partial charge on any atom is 0.269 e. The molecule has 24 heavy (non-hydrogen) atoms. The van der Waals surface area contributed by atoms with Gasteiger partial charge in [-0.25, -0.2) is 0 Å². The van der Waals surface area contributed by atoms with Crippen molar-refractivity contribution < 1.29 is 9.72 Å². The standard InChI is InChI=1S/C20H15NO3/c1-14-2-6-17-13-18(8-7-16(17)12-14)20(22)11-5-15-3-9-19(10-4-15)21(23)24/h2-13H,1H3/b11-5+. The molecule has 118 valence electrons. The van der Waals surface area contributed by atoms with Crippen molar-refractivity contribution in [2.45, 2.75) is 6.92 Å². The Kier molecular flexibility index (Phi) is 4.20. The van der Waals surface area contributed by atoms with Crippen LogP contribution in [0, 0.1) is 17.0 Å². The van der Waals surface area contributed by atoms with Gasteiger partial charge in [0.1, 0.15) is 0 Å². The van der Waals surface area contributed by atoms with Gasteiger partial charge in [0.25, 0.3) is 5.69 Å². The number of ketones is 1. The first kappa shape index (κ1) is 15.6. The van der Waals surface area contributed by atoms with E-state index in [1.165, 1.54) is 23.8 Å². The maximum absolute atomic E-state index is 12.3. The number of fused-ring (bicyclic) bond motifs is 1. The van der Waals surface area contributed by atoms with Crippen LogP contribution in [-0.2, 0) is 0 Å². The summed E-state index contributed by atoms with van der Waals surface area (Å²) >= 11 is 0. The lowest BCUT2D eigenvalue weighted by molar-refractivity contribution is -0.384. The van der Waals surface area contributed by atoms with E-state index in [2.05, 4.69) is 6.07 Å². The van der Waals surface area contributed by atoms with Crippen molar-refractivity contribution in [3.05, 3.63) is 93.5 Å². The van der Waals surface area contributed by atoms with Gasteiger partial charge in [0, 0.05) is 17.7 Å². The highest BCUT2D eigenvalue weighted by molar-refractivity contribution is 6.08. The molecule has 0 amide bonds. The van der Waals surface area contributed by atoms with Crippen LogP contribution in [0.3, 0.4) is 0 Å². The molecule has 0 spiro atoms. The molecule has 3 aromatic rings. The zero-order valence-corrected chi connectivity index (χ0v) is 13.1. The normalized spacial score (nSPS) is 11.0. The van der Waals surface area contributed by atoms with Crippen molar-refractivity contribution >= 4 is 28.3 Å². The van der Waals surface area contributed by atoms with E-state index >= 15 is 0 Å². The molecule has 0 bridgehead atoms. The number of hydrogen-bond acceptors (Lipinski definition) is 3. The summed E-state index contributed by atoms with van der Waals surface area (Å²) in [4.78, 5) is 22.5. The Morgan fingerprint density at radius 3 is 2.33 bits per heavy atom. The maximum atomic E-state index is 12.3. The molecule has 0 unspecified atom stereocenters. The van der Waals surface area contributed by atoms with Gasteiger partial charge in [-0.15, -0.1) is 0 Å². The number of hydrogen-bond donors (Lipinski definition) is 0. The van der Waals surface area contributed by atoms with Crippen LogP contribution in [0.1, 0.15) is 21.5 Å². The molecule has 0 aromatic heterocycles. The second-order valence-electron chi connectivity index (χ2n) is 5.61. The molecule has 0 saturated carbocycles. The van der Waals surface area contributed by atoms with E-state index in [0.29, 0.717) is 5.56 Å². The Balaban J connectivity index is 1.81. The van der Waals surface area contributed by atoms with Gasteiger partial charge in [0.05, 0.1) is 4.92 Å². The van der Waals surface area contributed by atoms with Crippen LogP contribution >= 0.6 is 0 Å². The molecule has 0 radical (unpaired) electrons. The molecule has 0 N–H and O–H groups in total. The number of carbonyl (C=O) groups is 1. The van der Waals surface area contributed by atoms with E-state index in [1.54, 1.807) is 18.2 Å². The smallest absolute Gasteiger partial charge is 0.269 e. The Bertz CT molecular complexity index is 956. The highest BCUT2D eigenvalue weighted by Crippen LogP contribution is 2.19. The van der Waals surface area contributed by atoms with Crippen LogP contribution in [-0.4, -0.2) is 10.7 Å². The van der Waals surface area contributed by atoms with Gasteiger partial charge in [-0.05, 0) is 47.5 Å². The summed E-state index contributed by atoms with van der Waals surface area (Å²) in [5, 5.41) is 12.8. The first-order valence-corrected chi connectivity index (χ1v) is 7.50. The van der Waals surface area contributed by atoms with Crippen LogP contribution in [0.15, 0.2) is 66.7 Å². The lowest BCUT2D eigenvalue weighted by Gasteiger charge is -2.02. The molecule has 4 nitrogen and oxygen atoms in total. The average molecular weight is 317 g/mol. The molecule has 3 rings (SSSR count). The van der Waals surface area contributed by atoms with Gasteiger partial charge in [0.15, 0.2) is 5.78 Å². The lowest BCUT2D eigenvalue weighted by atomic mass is 10.0. The van der Waals surface area contributed by atoms with Crippen LogP contribution in [0.2, 0.25) is 0 Å². The molecular weight excluding hydrogens is 302 g/mol. The van der Waals surface area contributed by atoms with Crippen molar-refractivity contribution in [2.24, 2.45) is 0 Å². The molecule has 0 aliphatic carbocycles. The fourth-order valence-electron chi connectivity index (χ4n) is 2.49. The largest absolute Gasteiger partial charge is 0.289 e. The predicted octanol–water partition coefficient (Wildman–Crippen LogP) is 4.95. The molecule has 4 heteroatoms. The number of benzene rings is 3. The van der Waals surface area contributed by atoms with Crippen LogP contribution < -0.4 is 0 Å². The summed E-state index contributed by atoms with van der Waals surface area (Å²) in [6.45, 7) is 2.03. The molecule has 3 aromatic carbocycles. The molecule has 0 fully saturated rings. The van der Waals surface area contributed by atoms with Crippen molar-refractivity contribution in [3.8, 4) is 0 Å². The topological polar surface area (TPSA) is 60.2 Å². The Hall–Kier alpha value is -3.27. The number of nitro benzene ring substituents is 1. The third-order valence-electron chi connectivity index (χ3n) is 3.81. The van der Waals surface area contributed by atoms with E-state index in [-0.39, 0.29) is 11.5 Å². The number of rotatable bonds is 4. The molecule has 0 aliphatic heterocycles. The van der Waals surface area contributed by atoms with Gasteiger partial charge >= 0.3 is 0 Å².